The van der Waals surface area contributed by atoms with E-state index in [1.807, 2.05) is 0 Å². The molecule has 6 rings (SSSR count). The number of aromatic nitrogens is 2. The first-order chi connectivity index (χ1) is 20.7. The molecule has 1 aliphatic rings. The molecule has 2 aromatic heterocycles. The zero-order valence-corrected chi connectivity index (χ0v) is 24.1. The minimum atomic E-state index is -5.11. The van der Waals surface area contributed by atoms with Gasteiger partial charge in [0.1, 0.15) is 9.79 Å². The topological polar surface area (TPSA) is 216 Å². The Labute approximate surface area is 249 Å². The quantitative estimate of drug-likeness (QED) is 0.118. The number of nitrogens with zero attached hydrogens (tertiary/aromatic N) is 2. The molecule has 15 heteroatoms. The third kappa shape index (κ3) is 4.46. The molecule has 2 heterocycles. The van der Waals surface area contributed by atoms with Gasteiger partial charge in [0.2, 0.25) is 0 Å². The zero-order valence-electron chi connectivity index (χ0n) is 22.5. The summed E-state index contributed by atoms with van der Waals surface area (Å²) >= 11 is 0. The number of nitrogens with one attached hydrogen (secondary N) is 1. The van der Waals surface area contributed by atoms with Crippen molar-refractivity contribution in [1.82, 2.24) is 9.55 Å². The van der Waals surface area contributed by atoms with E-state index < -0.39 is 58.5 Å². The summed E-state index contributed by atoms with van der Waals surface area (Å²) in [6.45, 7) is 0. The maximum Gasteiger partial charge on any atom is 0.296 e. The molecule has 0 amide bonds. The monoisotopic (exact) mass is 632 g/mol. The fourth-order valence-electron chi connectivity index (χ4n) is 5.39. The van der Waals surface area contributed by atoms with Gasteiger partial charge in [-0.15, -0.1) is 0 Å². The van der Waals surface area contributed by atoms with Gasteiger partial charge in [0.15, 0.2) is 11.6 Å². The van der Waals surface area contributed by atoms with Crippen LogP contribution in [0.1, 0.15) is 31.8 Å². The van der Waals surface area contributed by atoms with Crippen LogP contribution in [0.3, 0.4) is 0 Å². The first-order valence-electron chi connectivity index (χ1n) is 12.6. The highest BCUT2D eigenvalue weighted by atomic mass is 32.2. The first-order valence-corrected chi connectivity index (χ1v) is 15.5. The van der Waals surface area contributed by atoms with Gasteiger partial charge in [0.25, 0.3) is 25.8 Å². The van der Waals surface area contributed by atoms with Crippen molar-refractivity contribution in [1.29, 1.82) is 0 Å². The maximum absolute atomic E-state index is 14.1. The summed E-state index contributed by atoms with van der Waals surface area (Å²) in [5.74, 6) is -1.14. The van der Waals surface area contributed by atoms with Gasteiger partial charge in [-0.2, -0.15) is 16.8 Å². The molecular formula is C29H20N4O9S2. The predicted octanol–water partition coefficient (Wildman–Crippen LogP) is 3.20. The molecule has 0 bridgehead atoms. The number of carbonyl (C=O) groups is 2. The van der Waals surface area contributed by atoms with E-state index >= 15 is 0 Å². The van der Waals surface area contributed by atoms with Gasteiger partial charge in [-0.05, 0) is 42.0 Å². The first kappa shape index (κ1) is 28.9. The molecule has 0 unspecified atom stereocenters. The molecule has 5 aromatic rings. The van der Waals surface area contributed by atoms with E-state index in [0.29, 0.717) is 11.6 Å². The largest absolute Gasteiger partial charge is 0.398 e. The summed E-state index contributed by atoms with van der Waals surface area (Å²) < 4.78 is 68.8. The lowest BCUT2D eigenvalue weighted by Crippen LogP contribution is -2.29. The van der Waals surface area contributed by atoms with Crippen LogP contribution in [0.2, 0.25) is 0 Å². The Balaban J connectivity index is 1.70. The van der Waals surface area contributed by atoms with Crippen LogP contribution >= 0.6 is 0 Å². The summed E-state index contributed by atoms with van der Waals surface area (Å²) in [6.07, 6.45) is 2.81. The Morgan fingerprint density at radius 2 is 1.48 bits per heavy atom. The van der Waals surface area contributed by atoms with Crippen LogP contribution in [0.4, 0.5) is 17.1 Å². The number of ketones is 2. The number of fused-ring (bicyclic) bond motifs is 2. The van der Waals surface area contributed by atoms with Crippen molar-refractivity contribution in [2.45, 2.75) is 9.79 Å². The Bertz CT molecular complexity index is 2390. The Hall–Kier alpha value is -5.22. The lowest BCUT2D eigenvalue weighted by molar-refractivity contribution is 0.102. The number of hydrogen-bond donors (Lipinski definition) is 4. The fourth-order valence-corrected chi connectivity index (χ4v) is 6.75. The van der Waals surface area contributed by atoms with Crippen molar-refractivity contribution in [2.24, 2.45) is 7.05 Å². The molecule has 0 fully saturated rings. The smallest absolute Gasteiger partial charge is 0.296 e. The van der Waals surface area contributed by atoms with Gasteiger partial charge in [-0.25, -0.2) is 0 Å². The number of anilines is 3. The summed E-state index contributed by atoms with van der Waals surface area (Å²) in [7, 11) is -8.65. The molecule has 222 valence electrons. The predicted molar refractivity (Wildman–Crippen MR) is 159 cm³/mol. The van der Waals surface area contributed by atoms with Gasteiger partial charge in [0, 0.05) is 41.5 Å². The van der Waals surface area contributed by atoms with Gasteiger partial charge >= 0.3 is 0 Å². The molecule has 3 aromatic carbocycles. The van der Waals surface area contributed by atoms with Crippen LogP contribution in [-0.2, 0) is 27.3 Å². The number of carbonyl (C=O) groups excluding carboxylic acids is 2. The van der Waals surface area contributed by atoms with Crippen LogP contribution < -0.4 is 16.6 Å². The number of nitrogen functional groups attached to an aromatic ring is 1. The van der Waals surface area contributed by atoms with Crippen LogP contribution in [0, 0.1) is 0 Å². The highest BCUT2D eigenvalue weighted by molar-refractivity contribution is 7.86. The molecule has 13 nitrogen and oxygen atoms in total. The third-order valence-corrected chi connectivity index (χ3v) is 9.14. The highest BCUT2D eigenvalue weighted by Gasteiger charge is 2.34. The molecular weight excluding hydrogens is 612 g/mol. The summed E-state index contributed by atoms with van der Waals surface area (Å²) in [4.78, 5) is 43.6. The van der Waals surface area contributed by atoms with E-state index in [-0.39, 0.29) is 44.4 Å². The number of benzene rings is 3. The molecule has 0 spiro atoms. The third-order valence-electron chi connectivity index (χ3n) is 7.34. The fraction of sp³-hybridized carbons (Fsp3) is 0.0345. The number of aryl methyl sites for hydroxylation is 1. The van der Waals surface area contributed by atoms with Crippen LogP contribution in [0.25, 0.3) is 22.0 Å². The van der Waals surface area contributed by atoms with Crippen molar-refractivity contribution < 1.29 is 35.5 Å². The standard InChI is InChI=1S/C29H20N4O9S2/c1-33-20-7-6-18(32-19-12-17(30)21(43(37,38)39)13-22(19)44(40,41)42)24-25(20)23(15-4-2-3-5-16(15)28(24)35)26(29(33)36)27(34)14-8-10-31-11-9-14/h2-13,32H,30H2,1H3,(H,37,38,39)(H,40,41,42). The molecule has 0 aliphatic heterocycles. The van der Waals surface area contributed by atoms with Crippen molar-refractivity contribution in [3.8, 4) is 11.1 Å². The normalized spacial score (nSPS) is 12.7. The average Bonchev–Trinajstić information content (AvgIpc) is 2.97. The van der Waals surface area contributed by atoms with E-state index in [9.17, 15) is 40.3 Å². The molecule has 0 saturated carbocycles. The van der Waals surface area contributed by atoms with Gasteiger partial charge in [-0.3, -0.25) is 28.5 Å². The average molecular weight is 633 g/mol. The molecule has 44 heavy (non-hydrogen) atoms. The van der Waals surface area contributed by atoms with Crippen LogP contribution in [0.15, 0.2) is 87.6 Å². The van der Waals surface area contributed by atoms with Crippen molar-refractivity contribution in [2.75, 3.05) is 11.1 Å². The second-order valence-corrected chi connectivity index (χ2v) is 12.7. The number of hydrogen-bond acceptors (Lipinski definition) is 10. The number of rotatable bonds is 6. The van der Waals surface area contributed by atoms with Crippen LogP contribution in [-0.4, -0.2) is 47.1 Å². The molecule has 0 radical (unpaired) electrons. The van der Waals surface area contributed by atoms with Crippen molar-refractivity contribution >= 4 is 59.8 Å². The van der Waals surface area contributed by atoms with E-state index in [2.05, 4.69) is 10.3 Å². The molecule has 1 aliphatic carbocycles. The van der Waals surface area contributed by atoms with E-state index in [1.165, 1.54) is 54.3 Å². The minimum Gasteiger partial charge on any atom is -0.398 e. The lowest BCUT2D eigenvalue weighted by atomic mass is 9.80. The van der Waals surface area contributed by atoms with Gasteiger partial charge < -0.3 is 15.6 Å². The maximum atomic E-state index is 14.1. The number of pyridine rings is 2. The second-order valence-electron chi connectivity index (χ2n) is 9.90. The molecule has 0 atom stereocenters. The summed E-state index contributed by atoms with van der Waals surface area (Å²) in [6, 6.07) is 13.5. The van der Waals surface area contributed by atoms with E-state index in [4.69, 9.17) is 5.73 Å². The van der Waals surface area contributed by atoms with E-state index in [1.54, 1.807) is 18.2 Å². The Morgan fingerprint density at radius 1 is 0.841 bits per heavy atom. The zero-order chi connectivity index (χ0) is 31.7. The summed E-state index contributed by atoms with van der Waals surface area (Å²) in [5.41, 5.74) is 5.12. The Morgan fingerprint density at radius 3 is 2.11 bits per heavy atom. The lowest BCUT2D eigenvalue weighted by Gasteiger charge is -2.26. The van der Waals surface area contributed by atoms with Gasteiger partial charge in [-0.1, -0.05) is 24.3 Å². The molecule has 5 N–H and O–H groups in total. The van der Waals surface area contributed by atoms with Crippen LogP contribution in [0.5, 0.6) is 0 Å². The second kappa shape index (κ2) is 9.92. The SMILES string of the molecule is Cn1c(=O)c(C(=O)c2ccncc2)c2c3c(c(Nc4cc(N)c(S(=O)(=O)O)cc4S(=O)(=O)O)ccc31)C(=O)c1ccccc1-2. The minimum absolute atomic E-state index is 0.0110. The van der Waals surface area contributed by atoms with Gasteiger partial charge in [0.05, 0.1) is 33.7 Å². The van der Waals surface area contributed by atoms with Crippen molar-refractivity contribution in [3.63, 3.8) is 0 Å². The van der Waals surface area contributed by atoms with E-state index in [0.717, 1.165) is 6.07 Å². The highest BCUT2D eigenvalue weighted by Crippen LogP contribution is 2.44. The molecule has 0 saturated heterocycles. The Kier molecular flexibility index (Phi) is 6.51. The summed E-state index contributed by atoms with van der Waals surface area (Å²) in [5, 5.41) is 2.97. The number of nitrogens with two attached hydrogens (primary N) is 1. The van der Waals surface area contributed by atoms with Crippen molar-refractivity contribution in [3.05, 3.63) is 106 Å².